The van der Waals surface area contributed by atoms with Crippen LogP contribution in [0.25, 0.3) is 0 Å². The average Bonchev–Trinajstić information content (AvgIpc) is 2.34. The summed E-state index contributed by atoms with van der Waals surface area (Å²) in [6.45, 7) is 7.45. The third-order valence-electron chi connectivity index (χ3n) is 2.76. The van der Waals surface area contributed by atoms with Crippen molar-refractivity contribution in [3.8, 4) is 0 Å². The van der Waals surface area contributed by atoms with Gasteiger partial charge in [0.25, 0.3) is 0 Å². The Hall–Kier alpha value is -1.39. The number of hydrogen-bond donors (Lipinski definition) is 2. The first-order valence-corrected chi connectivity index (χ1v) is 6.95. The van der Waals surface area contributed by atoms with Crippen molar-refractivity contribution in [2.45, 2.75) is 51.8 Å². The van der Waals surface area contributed by atoms with Gasteiger partial charge in [-0.3, -0.25) is 4.79 Å². The molecule has 1 aromatic rings. The van der Waals surface area contributed by atoms with E-state index in [1.807, 2.05) is 58.0 Å². The fraction of sp³-hybridized carbons (Fsp3) is 0.562. The van der Waals surface area contributed by atoms with Gasteiger partial charge < -0.3 is 15.2 Å². The first kappa shape index (κ1) is 16.7. The minimum Gasteiger partial charge on any atom is -0.460 e. The summed E-state index contributed by atoms with van der Waals surface area (Å²) in [5.74, 6) is -0.234. The average molecular weight is 279 g/mol. The summed E-state index contributed by atoms with van der Waals surface area (Å²) in [6, 6.07) is 9.46. The number of aliphatic hydroxyl groups excluding tert-OH is 1. The standard InChI is InChI=1S/C16H25NO3/c1-12(10-15(19)20-16(2,3)4)17-14(11-18)13-8-6-5-7-9-13/h5-9,12,14,17-18H,10-11H2,1-4H3. The molecule has 0 aliphatic carbocycles. The van der Waals surface area contributed by atoms with Gasteiger partial charge >= 0.3 is 5.97 Å². The zero-order chi connectivity index (χ0) is 15.2. The molecule has 0 spiro atoms. The van der Waals surface area contributed by atoms with Crippen LogP contribution in [-0.2, 0) is 9.53 Å². The molecule has 112 valence electrons. The highest BCUT2D eigenvalue weighted by Crippen LogP contribution is 2.14. The van der Waals surface area contributed by atoms with Crippen molar-refractivity contribution in [3.63, 3.8) is 0 Å². The molecule has 0 fully saturated rings. The Morgan fingerprint density at radius 2 is 1.90 bits per heavy atom. The molecule has 2 unspecified atom stereocenters. The molecule has 0 radical (unpaired) electrons. The number of benzene rings is 1. The van der Waals surface area contributed by atoms with Crippen molar-refractivity contribution in [1.82, 2.24) is 5.32 Å². The second kappa shape index (κ2) is 7.41. The van der Waals surface area contributed by atoms with Crippen molar-refractivity contribution in [1.29, 1.82) is 0 Å². The van der Waals surface area contributed by atoms with Crippen molar-refractivity contribution in [2.75, 3.05) is 6.61 Å². The number of carbonyl (C=O) groups is 1. The molecule has 2 atom stereocenters. The topological polar surface area (TPSA) is 58.6 Å². The van der Waals surface area contributed by atoms with Crippen LogP contribution in [0.5, 0.6) is 0 Å². The number of carbonyl (C=O) groups excluding carboxylic acids is 1. The molecule has 4 nitrogen and oxygen atoms in total. The first-order chi connectivity index (χ1) is 9.31. The van der Waals surface area contributed by atoms with Gasteiger partial charge in [0, 0.05) is 6.04 Å². The summed E-state index contributed by atoms with van der Waals surface area (Å²) in [4.78, 5) is 11.8. The summed E-state index contributed by atoms with van der Waals surface area (Å²) < 4.78 is 5.29. The number of aliphatic hydroxyl groups is 1. The van der Waals surface area contributed by atoms with Crippen molar-refractivity contribution >= 4 is 5.97 Å². The number of esters is 1. The molecule has 1 rings (SSSR count). The quantitative estimate of drug-likeness (QED) is 0.785. The zero-order valence-corrected chi connectivity index (χ0v) is 12.7. The third-order valence-corrected chi connectivity index (χ3v) is 2.76. The SMILES string of the molecule is CC(CC(=O)OC(C)(C)C)NC(CO)c1ccccc1. The van der Waals surface area contributed by atoms with Crippen LogP contribution in [0.15, 0.2) is 30.3 Å². The third kappa shape index (κ3) is 6.17. The molecule has 0 saturated carbocycles. The molecule has 4 heteroatoms. The van der Waals surface area contributed by atoms with E-state index in [4.69, 9.17) is 4.74 Å². The highest BCUT2D eigenvalue weighted by Gasteiger charge is 2.20. The number of ether oxygens (including phenoxy) is 1. The molecule has 0 bridgehead atoms. The van der Waals surface area contributed by atoms with Crippen molar-refractivity contribution in [2.24, 2.45) is 0 Å². The highest BCUT2D eigenvalue weighted by atomic mass is 16.6. The Balaban J connectivity index is 2.52. The monoisotopic (exact) mass is 279 g/mol. The molecule has 0 saturated heterocycles. The van der Waals surface area contributed by atoms with Crippen LogP contribution in [0.3, 0.4) is 0 Å². The van der Waals surface area contributed by atoms with Gasteiger partial charge in [0.15, 0.2) is 0 Å². The van der Waals surface area contributed by atoms with Gasteiger partial charge in [0.05, 0.1) is 19.1 Å². The predicted molar refractivity (Wildman–Crippen MR) is 79.3 cm³/mol. The smallest absolute Gasteiger partial charge is 0.307 e. The van der Waals surface area contributed by atoms with Crippen LogP contribution in [-0.4, -0.2) is 29.3 Å². The van der Waals surface area contributed by atoms with Crippen LogP contribution < -0.4 is 5.32 Å². The lowest BCUT2D eigenvalue weighted by Gasteiger charge is -2.24. The van der Waals surface area contributed by atoms with Crippen LogP contribution in [0.4, 0.5) is 0 Å². The van der Waals surface area contributed by atoms with Gasteiger partial charge in [-0.2, -0.15) is 0 Å². The summed E-state index contributed by atoms with van der Waals surface area (Å²) in [5.41, 5.74) is 0.540. The molecule has 0 aliphatic rings. The zero-order valence-electron chi connectivity index (χ0n) is 12.7. The second-order valence-electron chi connectivity index (χ2n) is 6.00. The van der Waals surface area contributed by atoms with E-state index in [9.17, 15) is 9.90 Å². The molecular formula is C16H25NO3. The number of rotatable bonds is 6. The van der Waals surface area contributed by atoms with Crippen LogP contribution in [0.1, 0.15) is 45.7 Å². The number of nitrogens with one attached hydrogen (secondary N) is 1. The maximum absolute atomic E-state index is 11.8. The first-order valence-electron chi connectivity index (χ1n) is 6.95. The van der Waals surface area contributed by atoms with E-state index < -0.39 is 5.60 Å². The lowest BCUT2D eigenvalue weighted by atomic mass is 10.1. The summed E-state index contributed by atoms with van der Waals surface area (Å²) >= 11 is 0. The maximum atomic E-state index is 11.8. The van der Waals surface area contributed by atoms with E-state index in [-0.39, 0.29) is 31.1 Å². The maximum Gasteiger partial charge on any atom is 0.307 e. The van der Waals surface area contributed by atoms with Gasteiger partial charge in [0.2, 0.25) is 0 Å². The van der Waals surface area contributed by atoms with E-state index in [0.29, 0.717) is 0 Å². The van der Waals surface area contributed by atoms with Crippen LogP contribution >= 0.6 is 0 Å². The minimum atomic E-state index is -0.466. The van der Waals surface area contributed by atoms with Crippen LogP contribution in [0, 0.1) is 0 Å². The summed E-state index contributed by atoms with van der Waals surface area (Å²) in [7, 11) is 0. The fourth-order valence-electron chi connectivity index (χ4n) is 1.98. The van der Waals surface area contributed by atoms with Gasteiger partial charge in [-0.05, 0) is 33.3 Å². The van der Waals surface area contributed by atoms with Gasteiger partial charge in [-0.1, -0.05) is 30.3 Å². The Morgan fingerprint density at radius 1 is 1.30 bits per heavy atom. The molecule has 0 amide bonds. The lowest BCUT2D eigenvalue weighted by molar-refractivity contribution is -0.155. The second-order valence-corrected chi connectivity index (χ2v) is 6.00. The van der Waals surface area contributed by atoms with E-state index >= 15 is 0 Å². The molecule has 0 heterocycles. The molecule has 1 aromatic carbocycles. The fourth-order valence-corrected chi connectivity index (χ4v) is 1.98. The largest absolute Gasteiger partial charge is 0.460 e. The Morgan fingerprint density at radius 3 is 2.40 bits per heavy atom. The van der Waals surface area contributed by atoms with Crippen molar-refractivity contribution < 1.29 is 14.6 Å². The number of hydrogen-bond acceptors (Lipinski definition) is 4. The van der Waals surface area contributed by atoms with E-state index in [0.717, 1.165) is 5.56 Å². The van der Waals surface area contributed by atoms with E-state index in [1.165, 1.54) is 0 Å². The summed E-state index contributed by atoms with van der Waals surface area (Å²) in [5, 5.41) is 12.7. The van der Waals surface area contributed by atoms with E-state index in [2.05, 4.69) is 5.32 Å². The van der Waals surface area contributed by atoms with Gasteiger partial charge in [-0.15, -0.1) is 0 Å². The normalized spacial score (nSPS) is 14.7. The lowest BCUT2D eigenvalue weighted by Crippen LogP contribution is -2.36. The van der Waals surface area contributed by atoms with Crippen molar-refractivity contribution in [3.05, 3.63) is 35.9 Å². The summed E-state index contributed by atoms with van der Waals surface area (Å²) in [6.07, 6.45) is 0.278. The molecule has 2 N–H and O–H groups in total. The highest BCUT2D eigenvalue weighted by molar-refractivity contribution is 5.70. The molecule has 20 heavy (non-hydrogen) atoms. The van der Waals surface area contributed by atoms with Crippen LogP contribution in [0.2, 0.25) is 0 Å². The Kier molecular flexibility index (Phi) is 6.17. The minimum absolute atomic E-state index is 0.0112. The van der Waals surface area contributed by atoms with E-state index in [1.54, 1.807) is 0 Å². The van der Waals surface area contributed by atoms with Gasteiger partial charge in [0.1, 0.15) is 5.60 Å². The molecule has 0 aromatic heterocycles. The Bertz CT molecular complexity index is 411. The molecule has 0 aliphatic heterocycles. The predicted octanol–water partition coefficient (Wildman–Crippen LogP) is 2.43. The molecular weight excluding hydrogens is 254 g/mol. The van der Waals surface area contributed by atoms with Gasteiger partial charge in [-0.25, -0.2) is 0 Å². The Labute approximate surface area is 121 Å².